The molecule has 3 amide bonds. The molecular weight excluding hydrogens is 428 g/mol. The smallest absolute Gasteiger partial charge is 0.406 e. The monoisotopic (exact) mass is 440 g/mol. The molecule has 0 spiro atoms. The number of ether oxygens (including phenoxy) is 1. The number of thiazole rings is 1. The summed E-state index contributed by atoms with van der Waals surface area (Å²) in [4.78, 5) is 28.1. The van der Waals surface area contributed by atoms with Crippen molar-refractivity contribution >= 4 is 39.8 Å². The summed E-state index contributed by atoms with van der Waals surface area (Å²) < 4.78 is 53.1. The third-order valence-corrected chi connectivity index (χ3v) is 4.16. The van der Waals surface area contributed by atoms with Crippen LogP contribution in [0.3, 0.4) is 0 Å². The molecule has 0 radical (unpaired) electrons. The first-order valence-electron chi connectivity index (χ1n) is 8.14. The van der Waals surface area contributed by atoms with E-state index in [0.717, 1.165) is 23.5 Å². The van der Waals surface area contributed by atoms with E-state index in [1.165, 1.54) is 41.8 Å². The zero-order valence-electron chi connectivity index (χ0n) is 14.8. The Morgan fingerprint density at radius 2 is 1.50 bits per heavy atom. The first kappa shape index (κ1) is 21.0. The lowest BCUT2D eigenvalue weighted by Crippen LogP contribution is -2.19. The van der Waals surface area contributed by atoms with Gasteiger partial charge in [0.15, 0.2) is 5.13 Å². The number of hydrogen-bond acceptors (Lipinski definition) is 5. The molecular formula is C18H12F4N4O3S. The van der Waals surface area contributed by atoms with Crippen LogP contribution in [0.4, 0.5) is 38.9 Å². The molecule has 156 valence electrons. The van der Waals surface area contributed by atoms with E-state index in [9.17, 15) is 27.2 Å². The fourth-order valence-electron chi connectivity index (χ4n) is 2.16. The first-order valence-corrected chi connectivity index (χ1v) is 9.02. The molecule has 2 aromatic carbocycles. The van der Waals surface area contributed by atoms with E-state index in [-0.39, 0.29) is 16.5 Å². The summed E-state index contributed by atoms with van der Waals surface area (Å²) in [6, 6.07) is 9.06. The van der Waals surface area contributed by atoms with Crippen LogP contribution >= 0.6 is 11.3 Å². The Bertz CT molecular complexity index is 1040. The van der Waals surface area contributed by atoms with E-state index in [1.807, 2.05) is 0 Å². The molecule has 12 heteroatoms. The highest BCUT2D eigenvalue weighted by molar-refractivity contribution is 7.14. The maximum Gasteiger partial charge on any atom is 0.573 e. The number of urea groups is 1. The summed E-state index contributed by atoms with van der Waals surface area (Å²) in [5.74, 6) is -1.49. The van der Waals surface area contributed by atoms with Crippen LogP contribution in [0.5, 0.6) is 5.75 Å². The van der Waals surface area contributed by atoms with Gasteiger partial charge in [0, 0.05) is 16.8 Å². The van der Waals surface area contributed by atoms with E-state index >= 15 is 0 Å². The number of benzene rings is 2. The number of rotatable bonds is 5. The Hall–Kier alpha value is -3.67. The summed E-state index contributed by atoms with van der Waals surface area (Å²) in [6.45, 7) is 0. The third kappa shape index (κ3) is 6.17. The minimum atomic E-state index is -4.81. The van der Waals surface area contributed by atoms with Gasteiger partial charge < -0.3 is 15.4 Å². The van der Waals surface area contributed by atoms with Gasteiger partial charge in [0.25, 0.3) is 5.91 Å². The maximum atomic E-state index is 12.9. The minimum Gasteiger partial charge on any atom is -0.406 e. The molecule has 0 saturated carbocycles. The fraction of sp³-hybridized carbons (Fsp3) is 0.0556. The standard InChI is InChI=1S/C18H12F4N4O3S/c19-10-1-3-12(4-2-10)24-16(28)26-17-25-14(9-30-17)15(27)23-11-5-7-13(8-6-11)29-18(20,21)22/h1-9H,(H,23,27)(H2,24,25,26,28). The Morgan fingerprint density at radius 1 is 0.900 bits per heavy atom. The van der Waals surface area contributed by atoms with Crippen molar-refractivity contribution in [2.45, 2.75) is 6.36 Å². The quantitative estimate of drug-likeness (QED) is 0.483. The Labute approximate surface area is 170 Å². The number of amides is 3. The molecule has 0 aliphatic carbocycles. The Balaban J connectivity index is 1.55. The number of anilines is 3. The summed E-state index contributed by atoms with van der Waals surface area (Å²) in [5.41, 5.74) is 0.583. The number of halogens is 4. The molecule has 3 rings (SSSR count). The molecule has 30 heavy (non-hydrogen) atoms. The van der Waals surface area contributed by atoms with Crippen LogP contribution in [0.25, 0.3) is 0 Å². The van der Waals surface area contributed by atoms with Crippen molar-refractivity contribution in [3.63, 3.8) is 0 Å². The molecule has 0 fully saturated rings. The second kappa shape index (κ2) is 8.78. The summed E-state index contributed by atoms with van der Waals surface area (Å²) in [7, 11) is 0. The van der Waals surface area contributed by atoms with Gasteiger partial charge in [0.2, 0.25) is 0 Å². The molecule has 1 aromatic heterocycles. The van der Waals surface area contributed by atoms with Crippen LogP contribution in [0, 0.1) is 5.82 Å². The van der Waals surface area contributed by atoms with Gasteiger partial charge in [-0.15, -0.1) is 24.5 Å². The molecule has 1 heterocycles. The predicted molar refractivity (Wildman–Crippen MR) is 102 cm³/mol. The second-order valence-electron chi connectivity index (χ2n) is 5.65. The van der Waals surface area contributed by atoms with Gasteiger partial charge in [-0.1, -0.05) is 0 Å². The Morgan fingerprint density at radius 3 is 2.13 bits per heavy atom. The van der Waals surface area contributed by atoms with E-state index in [1.54, 1.807) is 0 Å². The molecule has 0 atom stereocenters. The largest absolute Gasteiger partial charge is 0.573 e. The van der Waals surface area contributed by atoms with Gasteiger partial charge in [-0.2, -0.15) is 0 Å². The van der Waals surface area contributed by atoms with Gasteiger partial charge in [0.05, 0.1) is 0 Å². The lowest BCUT2D eigenvalue weighted by Gasteiger charge is -2.09. The zero-order chi connectivity index (χ0) is 21.7. The van der Waals surface area contributed by atoms with E-state index in [2.05, 4.69) is 25.7 Å². The number of carbonyl (C=O) groups is 2. The van der Waals surface area contributed by atoms with Gasteiger partial charge in [0.1, 0.15) is 17.3 Å². The lowest BCUT2D eigenvalue weighted by molar-refractivity contribution is -0.274. The highest BCUT2D eigenvalue weighted by atomic mass is 32.1. The fourth-order valence-corrected chi connectivity index (χ4v) is 2.85. The highest BCUT2D eigenvalue weighted by Crippen LogP contribution is 2.24. The van der Waals surface area contributed by atoms with Crippen molar-refractivity contribution in [1.29, 1.82) is 0 Å². The average Bonchev–Trinajstić information content (AvgIpc) is 3.12. The molecule has 0 unspecified atom stereocenters. The molecule has 0 saturated heterocycles. The maximum absolute atomic E-state index is 12.9. The van der Waals surface area contributed by atoms with E-state index in [0.29, 0.717) is 5.69 Å². The number of nitrogens with zero attached hydrogens (tertiary/aromatic N) is 1. The molecule has 0 aliphatic rings. The van der Waals surface area contributed by atoms with E-state index in [4.69, 9.17) is 0 Å². The van der Waals surface area contributed by atoms with Crippen molar-refractivity contribution in [3.8, 4) is 5.75 Å². The van der Waals surface area contributed by atoms with Gasteiger partial charge in [-0.3, -0.25) is 10.1 Å². The summed E-state index contributed by atoms with van der Waals surface area (Å²) in [5, 5.41) is 8.90. The predicted octanol–water partition coefficient (Wildman–Crippen LogP) is 5.08. The molecule has 7 nitrogen and oxygen atoms in total. The van der Waals surface area contributed by atoms with Crippen LogP contribution in [0.15, 0.2) is 53.9 Å². The van der Waals surface area contributed by atoms with Crippen LogP contribution in [0.2, 0.25) is 0 Å². The average molecular weight is 440 g/mol. The zero-order valence-corrected chi connectivity index (χ0v) is 15.6. The topological polar surface area (TPSA) is 92.4 Å². The number of alkyl halides is 3. The normalized spacial score (nSPS) is 10.9. The number of hydrogen-bond donors (Lipinski definition) is 3. The van der Waals surface area contributed by atoms with Crippen LogP contribution in [0.1, 0.15) is 10.5 Å². The third-order valence-electron chi connectivity index (χ3n) is 3.41. The minimum absolute atomic E-state index is 0.00676. The van der Waals surface area contributed by atoms with Crippen molar-refractivity contribution in [3.05, 3.63) is 65.4 Å². The van der Waals surface area contributed by atoms with Crippen molar-refractivity contribution in [2.75, 3.05) is 16.0 Å². The first-order chi connectivity index (χ1) is 14.2. The van der Waals surface area contributed by atoms with Gasteiger partial charge in [-0.05, 0) is 48.5 Å². The van der Waals surface area contributed by atoms with Gasteiger partial charge >= 0.3 is 12.4 Å². The summed E-state index contributed by atoms with van der Waals surface area (Å²) in [6.07, 6.45) is -4.81. The van der Waals surface area contributed by atoms with Crippen LogP contribution < -0.4 is 20.7 Å². The Kier molecular flexibility index (Phi) is 6.16. The number of carbonyl (C=O) groups excluding carboxylic acids is 2. The SMILES string of the molecule is O=C(Nc1ccc(F)cc1)Nc1nc(C(=O)Nc2ccc(OC(F)(F)F)cc2)cs1. The molecule has 0 bridgehead atoms. The lowest BCUT2D eigenvalue weighted by atomic mass is 10.3. The van der Waals surface area contributed by atoms with Crippen LogP contribution in [-0.4, -0.2) is 23.3 Å². The van der Waals surface area contributed by atoms with Crippen molar-refractivity contribution in [1.82, 2.24) is 4.98 Å². The molecule has 0 aliphatic heterocycles. The molecule has 3 N–H and O–H groups in total. The number of nitrogens with one attached hydrogen (secondary N) is 3. The summed E-state index contributed by atoms with van der Waals surface area (Å²) >= 11 is 0.990. The number of aromatic nitrogens is 1. The second-order valence-corrected chi connectivity index (χ2v) is 6.51. The molecule has 3 aromatic rings. The van der Waals surface area contributed by atoms with Gasteiger partial charge in [-0.25, -0.2) is 14.2 Å². The van der Waals surface area contributed by atoms with E-state index < -0.39 is 29.9 Å². The van der Waals surface area contributed by atoms with Crippen molar-refractivity contribution in [2.24, 2.45) is 0 Å². The highest BCUT2D eigenvalue weighted by Gasteiger charge is 2.31. The van der Waals surface area contributed by atoms with Crippen molar-refractivity contribution < 1.29 is 31.9 Å². The van der Waals surface area contributed by atoms with Crippen LogP contribution in [-0.2, 0) is 0 Å².